The van der Waals surface area contributed by atoms with Crippen molar-refractivity contribution in [1.82, 2.24) is 0 Å². The highest BCUT2D eigenvalue weighted by Crippen LogP contribution is 2.12. The zero-order valence-electron chi connectivity index (χ0n) is 6.39. The van der Waals surface area contributed by atoms with Gasteiger partial charge >= 0.3 is 5.97 Å². The molecule has 0 saturated carbocycles. The van der Waals surface area contributed by atoms with E-state index in [-0.39, 0.29) is 5.97 Å². The van der Waals surface area contributed by atoms with Gasteiger partial charge in [-0.2, -0.15) is 0 Å². The molecule has 10 heavy (non-hydrogen) atoms. The number of methoxy groups -OCH3 is 1. The van der Waals surface area contributed by atoms with Crippen LogP contribution in [0.5, 0.6) is 0 Å². The van der Waals surface area contributed by atoms with Crippen molar-refractivity contribution in [3.05, 3.63) is 0 Å². The Bertz CT molecular complexity index is 104. The fourth-order valence-electron chi connectivity index (χ4n) is 0.581. The molecule has 0 aromatic heterocycles. The van der Waals surface area contributed by atoms with E-state index in [1.807, 2.05) is 0 Å². The van der Waals surface area contributed by atoms with Gasteiger partial charge in [0.25, 0.3) is 0 Å². The smallest absolute Gasteiger partial charge is 0.305 e. The molecule has 0 aliphatic carbocycles. The molecule has 0 aliphatic heterocycles. The third-order valence-electron chi connectivity index (χ3n) is 1.33. The Morgan fingerprint density at radius 3 is 2.70 bits per heavy atom. The van der Waals surface area contributed by atoms with Gasteiger partial charge < -0.3 is 4.74 Å². The van der Waals surface area contributed by atoms with E-state index >= 15 is 0 Å². The first kappa shape index (κ1) is 10.2. The van der Waals surface area contributed by atoms with E-state index in [9.17, 15) is 4.79 Å². The molecule has 0 aromatic rings. The van der Waals surface area contributed by atoms with Crippen LogP contribution < -0.4 is 0 Å². The molecular weight excluding hydrogens is 243 g/mol. The molecule has 0 N–H and O–H groups in total. The quantitative estimate of drug-likeness (QED) is 0.437. The summed E-state index contributed by atoms with van der Waals surface area (Å²) in [5, 5.41) is 0. The highest BCUT2D eigenvalue weighted by atomic mass is 127. The zero-order chi connectivity index (χ0) is 7.98. The van der Waals surface area contributed by atoms with Gasteiger partial charge in [0.2, 0.25) is 0 Å². The Hall–Kier alpha value is 0.200. The van der Waals surface area contributed by atoms with Gasteiger partial charge in [0, 0.05) is 10.3 Å². The van der Waals surface area contributed by atoms with E-state index in [0.717, 1.165) is 12.8 Å². The molecule has 0 aromatic carbocycles. The fraction of sp³-hybridized carbons (Fsp3) is 0.857. The lowest BCUT2D eigenvalue weighted by molar-refractivity contribution is -0.140. The predicted octanol–water partition coefficient (Wildman–Crippen LogP) is 2.15. The number of esters is 1. The van der Waals surface area contributed by atoms with Crippen LogP contribution in [0.15, 0.2) is 0 Å². The summed E-state index contributed by atoms with van der Waals surface area (Å²) in [6, 6.07) is 0. The number of halogens is 1. The largest absolute Gasteiger partial charge is 0.469 e. The number of hydrogen-bond acceptors (Lipinski definition) is 2. The normalized spacial score (nSPS) is 12.7. The monoisotopic (exact) mass is 256 g/mol. The molecule has 1 unspecified atom stereocenters. The summed E-state index contributed by atoms with van der Waals surface area (Å²) in [5.74, 6) is -0.102. The van der Waals surface area contributed by atoms with Crippen LogP contribution in [0.3, 0.4) is 0 Å². The van der Waals surface area contributed by atoms with Crippen LogP contribution in [0.25, 0.3) is 0 Å². The first-order chi connectivity index (χ1) is 4.70. The number of ether oxygens (including phenoxy) is 1. The number of rotatable bonds is 4. The van der Waals surface area contributed by atoms with Crippen molar-refractivity contribution in [1.29, 1.82) is 0 Å². The molecule has 0 rings (SSSR count). The van der Waals surface area contributed by atoms with Gasteiger partial charge in [-0.15, -0.1) is 0 Å². The van der Waals surface area contributed by atoms with Crippen LogP contribution >= 0.6 is 22.6 Å². The second-order valence-corrected chi connectivity index (χ2v) is 3.88. The number of hydrogen-bond donors (Lipinski definition) is 0. The summed E-state index contributed by atoms with van der Waals surface area (Å²) in [6.45, 7) is 2.12. The maximum atomic E-state index is 10.6. The molecule has 2 nitrogen and oxygen atoms in total. The minimum Gasteiger partial charge on any atom is -0.469 e. The van der Waals surface area contributed by atoms with Crippen molar-refractivity contribution in [3.8, 4) is 0 Å². The van der Waals surface area contributed by atoms with Gasteiger partial charge in [0.15, 0.2) is 0 Å². The Balaban J connectivity index is 3.26. The van der Waals surface area contributed by atoms with E-state index < -0.39 is 0 Å². The van der Waals surface area contributed by atoms with Crippen molar-refractivity contribution in [2.75, 3.05) is 7.11 Å². The minimum absolute atomic E-state index is 0.102. The molecule has 0 heterocycles. The Labute approximate surface area is 75.5 Å². The zero-order valence-corrected chi connectivity index (χ0v) is 8.55. The highest BCUT2D eigenvalue weighted by molar-refractivity contribution is 14.1. The maximum Gasteiger partial charge on any atom is 0.305 e. The highest BCUT2D eigenvalue weighted by Gasteiger charge is 2.04. The van der Waals surface area contributed by atoms with Gasteiger partial charge in [-0.25, -0.2) is 0 Å². The molecule has 0 fully saturated rings. The summed E-state index contributed by atoms with van der Waals surface area (Å²) in [4.78, 5) is 10.6. The molecule has 0 amide bonds. The average Bonchev–Trinajstić information content (AvgIpc) is 1.99. The van der Waals surface area contributed by atoms with Gasteiger partial charge in [-0.3, -0.25) is 4.79 Å². The third-order valence-corrected chi connectivity index (χ3v) is 2.84. The second kappa shape index (κ2) is 5.95. The summed E-state index contributed by atoms with van der Waals surface area (Å²) < 4.78 is 5.11. The average molecular weight is 256 g/mol. The summed E-state index contributed by atoms with van der Waals surface area (Å²) in [7, 11) is 1.43. The molecule has 0 aliphatic rings. The maximum absolute atomic E-state index is 10.6. The van der Waals surface area contributed by atoms with Gasteiger partial charge in [0.1, 0.15) is 0 Å². The molecule has 0 radical (unpaired) electrons. The minimum atomic E-state index is -0.102. The molecular formula is C7H13IO2. The van der Waals surface area contributed by atoms with E-state index in [1.165, 1.54) is 7.11 Å². The molecule has 0 spiro atoms. The summed E-state index contributed by atoms with van der Waals surface area (Å²) >= 11 is 2.35. The molecule has 60 valence electrons. The topological polar surface area (TPSA) is 26.3 Å². The lowest BCUT2D eigenvalue weighted by atomic mass is 10.2. The summed E-state index contributed by atoms with van der Waals surface area (Å²) in [5.41, 5.74) is 0. The van der Waals surface area contributed by atoms with Gasteiger partial charge in [-0.05, 0) is 12.8 Å². The summed E-state index contributed by atoms with van der Waals surface area (Å²) in [6.07, 6.45) is 2.61. The van der Waals surface area contributed by atoms with Crippen molar-refractivity contribution < 1.29 is 9.53 Å². The standard InChI is InChI=1S/C7H13IO2/c1-3-6(8)4-5-7(9)10-2/h6H,3-5H2,1-2H3. The van der Waals surface area contributed by atoms with E-state index in [1.54, 1.807) is 0 Å². The first-order valence-corrected chi connectivity index (χ1v) is 4.66. The Morgan fingerprint density at radius 2 is 2.30 bits per heavy atom. The van der Waals surface area contributed by atoms with Crippen LogP contribution in [-0.4, -0.2) is 17.0 Å². The Kier molecular flexibility index (Phi) is 6.06. The van der Waals surface area contributed by atoms with Gasteiger partial charge in [-0.1, -0.05) is 29.5 Å². The predicted molar refractivity (Wildman–Crippen MR) is 49.3 cm³/mol. The van der Waals surface area contributed by atoms with Crippen LogP contribution in [-0.2, 0) is 9.53 Å². The SMILES string of the molecule is CCC(I)CCC(=O)OC. The van der Waals surface area contributed by atoms with Crippen molar-refractivity contribution in [2.24, 2.45) is 0 Å². The number of carbonyl (C=O) groups is 1. The molecule has 3 heteroatoms. The second-order valence-electron chi connectivity index (χ2n) is 2.12. The lowest BCUT2D eigenvalue weighted by Crippen LogP contribution is -2.04. The van der Waals surface area contributed by atoms with Crippen LogP contribution in [0.4, 0.5) is 0 Å². The number of carbonyl (C=O) groups excluding carboxylic acids is 1. The lowest BCUT2D eigenvalue weighted by Gasteiger charge is -2.03. The van der Waals surface area contributed by atoms with Crippen molar-refractivity contribution in [3.63, 3.8) is 0 Å². The van der Waals surface area contributed by atoms with Crippen LogP contribution in [0.2, 0.25) is 0 Å². The molecule has 0 bridgehead atoms. The van der Waals surface area contributed by atoms with Gasteiger partial charge in [0.05, 0.1) is 7.11 Å². The first-order valence-electron chi connectivity index (χ1n) is 3.41. The van der Waals surface area contributed by atoms with E-state index in [4.69, 9.17) is 0 Å². The van der Waals surface area contributed by atoms with Crippen LogP contribution in [0, 0.1) is 0 Å². The van der Waals surface area contributed by atoms with Crippen LogP contribution in [0.1, 0.15) is 26.2 Å². The van der Waals surface area contributed by atoms with E-state index in [2.05, 4.69) is 34.3 Å². The van der Waals surface area contributed by atoms with E-state index in [0.29, 0.717) is 10.3 Å². The van der Waals surface area contributed by atoms with Crippen molar-refractivity contribution >= 4 is 28.6 Å². The molecule has 0 saturated heterocycles. The fourth-order valence-corrected chi connectivity index (χ4v) is 0.892. The number of alkyl halides is 1. The third kappa shape index (κ3) is 5.02. The van der Waals surface area contributed by atoms with Crippen molar-refractivity contribution in [2.45, 2.75) is 30.1 Å². The Morgan fingerprint density at radius 1 is 1.70 bits per heavy atom. The molecule has 1 atom stereocenters.